The Balaban J connectivity index is 2.44. The maximum absolute atomic E-state index is 13.5. The number of anilines is 1. The molecule has 0 aliphatic carbocycles. The van der Waals surface area contributed by atoms with E-state index in [-0.39, 0.29) is 18.1 Å². The number of benzene rings is 2. The topological polar surface area (TPSA) is 86.8 Å². The standard InChI is InChI=1S/C24H31Cl2N3O4S/c1-16-11-12-19(13-21(16)26)29(34(6,32)33)15-22(30)28(14-18-9-7-8-10-20(18)25)17(2)23(31)27-24(3,4)5/h7-13,17H,14-15H2,1-6H3,(H,27,31)/t17-/m1/s1. The zero-order valence-electron chi connectivity index (χ0n) is 20.2. The Labute approximate surface area is 212 Å². The predicted octanol–water partition coefficient (Wildman–Crippen LogP) is 4.40. The number of carbonyl (C=O) groups excluding carboxylic acids is 2. The van der Waals surface area contributed by atoms with Crippen molar-refractivity contribution in [1.29, 1.82) is 0 Å². The van der Waals surface area contributed by atoms with Gasteiger partial charge < -0.3 is 10.2 Å². The van der Waals surface area contributed by atoms with Crippen molar-refractivity contribution in [3.05, 3.63) is 63.6 Å². The number of carbonyl (C=O) groups is 2. The van der Waals surface area contributed by atoms with Crippen LogP contribution in [0.25, 0.3) is 0 Å². The van der Waals surface area contributed by atoms with E-state index in [1.165, 1.54) is 11.0 Å². The number of rotatable bonds is 8. The fraction of sp³-hybridized carbons (Fsp3) is 0.417. The highest BCUT2D eigenvalue weighted by Gasteiger charge is 2.31. The summed E-state index contributed by atoms with van der Waals surface area (Å²) in [5.74, 6) is -0.921. The van der Waals surface area contributed by atoms with Crippen LogP contribution in [0.5, 0.6) is 0 Å². The Morgan fingerprint density at radius 3 is 2.21 bits per heavy atom. The Hall–Kier alpha value is -2.29. The van der Waals surface area contributed by atoms with E-state index in [2.05, 4.69) is 5.32 Å². The SMILES string of the molecule is Cc1ccc(N(CC(=O)N(Cc2ccccc2Cl)[C@H](C)C(=O)NC(C)(C)C)S(C)(=O)=O)cc1Cl. The van der Waals surface area contributed by atoms with Gasteiger partial charge in [0.1, 0.15) is 12.6 Å². The van der Waals surface area contributed by atoms with E-state index in [0.29, 0.717) is 15.6 Å². The molecular weight excluding hydrogens is 497 g/mol. The van der Waals surface area contributed by atoms with Gasteiger partial charge in [0.05, 0.1) is 11.9 Å². The zero-order chi connectivity index (χ0) is 25.8. The first kappa shape index (κ1) is 28.0. The molecule has 0 saturated heterocycles. The average molecular weight is 529 g/mol. The van der Waals surface area contributed by atoms with E-state index in [0.717, 1.165) is 16.1 Å². The second-order valence-electron chi connectivity index (χ2n) is 9.23. The van der Waals surface area contributed by atoms with Crippen LogP contribution < -0.4 is 9.62 Å². The molecule has 2 aromatic carbocycles. The van der Waals surface area contributed by atoms with Crippen LogP contribution in [-0.4, -0.2) is 49.5 Å². The van der Waals surface area contributed by atoms with Gasteiger partial charge in [-0.3, -0.25) is 13.9 Å². The van der Waals surface area contributed by atoms with E-state index in [4.69, 9.17) is 23.2 Å². The van der Waals surface area contributed by atoms with Crippen molar-refractivity contribution < 1.29 is 18.0 Å². The van der Waals surface area contributed by atoms with Gasteiger partial charge in [0, 0.05) is 22.1 Å². The fourth-order valence-corrected chi connectivity index (χ4v) is 4.43. The monoisotopic (exact) mass is 527 g/mol. The van der Waals surface area contributed by atoms with Gasteiger partial charge in [-0.15, -0.1) is 0 Å². The summed E-state index contributed by atoms with van der Waals surface area (Å²) >= 11 is 12.5. The minimum Gasteiger partial charge on any atom is -0.350 e. The van der Waals surface area contributed by atoms with Crippen molar-refractivity contribution in [2.75, 3.05) is 17.1 Å². The molecule has 0 aliphatic heterocycles. The van der Waals surface area contributed by atoms with Gasteiger partial charge in [0.25, 0.3) is 0 Å². The number of halogens is 2. The minimum atomic E-state index is -3.83. The van der Waals surface area contributed by atoms with E-state index >= 15 is 0 Å². The average Bonchev–Trinajstić information content (AvgIpc) is 2.70. The summed E-state index contributed by atoms with van der Waals surface area (Å²) in [6.45, 7) is 8.44. The lowest BCUT2D eigenvalue weighted by Gasteiger charge is -2.33. The third kappa shape index (κ3) is 7.61. The molecule has 2 aromatic rings. The maximum atomic E-state index is 13.5. The van der Waals surface area contributed by atoms with Crippen molar-refractivity contribution in [3.63, 3.8) is 0 Å². The highest BCUT2D eigenvalue weighted by molar-refractivity contribution is 7.92. The smallest absolute Gasteiger partial charge is 0.244 e. The summed E-state index contributed by atoms with van der Waals surface area (Å²) in [5.41, 5.74) is 1.16. The molecule has 10 heteroatoms. The molecule has 0 radical (unpaired) electrons. The molecule has 2 rings (SSSR count). The van der Waals surface area contributed by atoms with Crippen LogP contribution in [0.2, 0.25) is 10.0 Å². The molecule has 186 valence electrons. The van der Waals surface area contributed by atoms with Crippen LogP contribution in [0.3, 0.4) is 0 Å². The normalized spacial score (nSPS) is 12.7. The third-order valence-corrected chi connectivity index (χ3v) is 7.00. The van der Waals surface area contributed by atoms with Crippen LogP contribution in [0.15, 0.2) is 42.5 Å². The molecule has 0 unspecified atom stereocenters. The number of nitrogens with one attached hydrogen (secondary N) is 1. The molecule has 1 N–H and O–H groups in total. The molecule has 0 fully saturated rings. The van der Waals surface area contributed by atoms with Gasteiger partial charge in [-0.05, 0) is 63.9 Å². The molecule has 0 heterocycles. The summed E-state index contributed by atoms with van der Waals surface area (Å²) in [5, 5.41) is 3.69. The van der Waals surface area contributed by atoms with E-state index in [9.17, 15) is 18.0 Å². The van der Waals surface area contributed by atoms with Crippen LogP contribution in [0.1, 0.15) is 38.8 Å². The second-order valence-corrected chi connectivity index (χ2v) is 12.0. The second kappa shape index (κ2) is 11.0. The lowest BCUT2D eigenvalue weighted by atomic mass is 10.1. The van der Waals surface area contributed by atoms with Crippen molar-refractivity contribution in [3.8, 4) is 0 Å². The Kier molecular flexibility index (Phi) is 9.02. The summed E-state index contributed by atoms with van der Waals surface area (Å²) in [6.07, 6.45) is 1.02. The van der Waals surface area contributed by atoms with Gasteiger partial charge in [-0.25, -0.2) is 8.42 Å². The van der Waals surface area contributed by atoms with Gasteiger partial charge in [0.2, 0.25) is 21.8 Å². The number of nitrogens with zero attached hydrogens (tertiary/aromatic N) is 2. The van der Waals surface area contributed by atoms with E-state index < -0.39 is 34.1 Å². The van der Waals surface area contributed by atoms with E-state index in [1.807, 2.05) is 20.8 Å². The summed E-state index contributed by atoms with van der Waals surface area (Å²) in [4.78, 5) is 27.8. The molecule has 0 spiro atoms. The Morgan fingerprint density at radius 1 is 1.06 bits per heavy atom. The number of aryl methyl sites for hydroxylation is 1. The molecule has 0 bridgehead atoms. The van der Waals surface area contributed by atoms with Crippen molar-refractivity contribution >= 4 is 50.7 Å². The minimum absolute atomic E-state index is 0.0312. The number of sulfonamides is 1. The number of hydrogen-bond donors (Lipinski definition) is 1. The van der Waals surface area contributed by atoms with Gasteiger partial charge in [-0.1, -0.05) is 47.5 Å². The van der Waals surface area contributed by atoms with Crippen LogP contribution in [0.4, 0.5) is 5.69 Å². The van der Waals surface area contributed by atoms with Crippen molar-refractivity contribution in [1.82, 2.24) is 10.2 Å². The highest BCUT2D eigenvalue weighted by Crippen LogP contribution is 2.26. The lowest BCUT2D eigenvalue weighted by Crippen LogP contribution is -2.54. The summed E-state index contributed by atoms with van der Waals surface area (Å²) in [7, 11) is -3.83. The molecule has 7 nitrogen and oxygen atoms in total. The largest absolute Gasteiger partial charge is 0.350 e. The van der Waals surface area contributed by atoms with Crippen LogP contribution in [0, 0.1) is 6.92 Å². The van der Waals surface area contributed by atoms with Crippen molar-refractivity contribution in [2.45, 2.75) is 52.7 Å². The van der Waals surface area contributed by atoms with E-state index in [1.54, 1.807) is 50.2 Å². The van der Waals surface area contributed by atoms with Crippen LogP contribution in [-0.2, 0) is 26.2 Å². The lowest BCUT2D eigenvalue weighted by molar-refractivity contribution is -0.140. The summed E-state index contributed by atoms with van der Waals surface area (Å²) < 4.78 is 26.2. The molecule has 0 aromatic heterocycles. The van der Waals surface area contributed by atoms with Gasteiger partial charge in [-0.2, -0.15) is 0 Å². The molecule has 1 atom stereocenters. The molecule has 2 amide bonds. The maximum Gasteiger partial charge on any atom is 0.244 e. The first-order valence-corrected chi connectivity index (χ1v) is 13.3. The summed E-state index contributed by atoms with van der Waals surface area (Å²) in [6, 6.07) is 10.9. The molecule has 34 heavy (non-hydrogen) atoms. The van der Waals surface area contributed by atoms with Crippen molar-refractivity contribution in [2.24, 2.45) is 0 Å². The van der Waals surface area contributed by atoms with Crippen LogP contribution >= 0.6 is 23.2 Å². The molecule has 0 saturated carbocycles. The van der Waals surface area contributed by atoms with Gasteiger partial charge in [0.15, 0.2) is 0 Å². The van der Waals surface area contributed by atoms with Gasteiger partial charge >= 0.3 is 0 Å². The Morgan fingerprint density at radius 2 is 1.68 bits per heavy atom. The zero-order valence-corrected chi connectivity index (χ0v) is 22.6. The predicted molar refractivity (Wildman–Crippen MR) is 138 cm³/mol. The molecule has 0 aliphatic rings. The first-order valence-electron chi connectivity index (χ1n) is 10.7. The molecular formula is C24H31Cl2N3O4S. The Bertz CT molecular complexity index is 1160. The number of hydrogen-bond acceptors (Lipinski definition) is 4. The third-order valence-electron chi connectivity index (χ3n) is 5.09. The highest BCUT2D eigenvalue weighted by atomic mass is 35.5. The quantitative estimate of drug-likeness (QED) is 0.551. The number of amides is 2. The first-order chi connectivity index (χ1) is 15.6. The fourth-order valence-electron chi connectivity index (χ4n) is 3.22.